The number of likely N-dealkylation sites (tertiary alicyclic amines) is 1. The van der Waals surface area contributed by atoms with Crippen molar-refractivity contribution in [3.05, 3.63) is 137 Å². The van der Waals surface area contributed by atoms with Gasteiger partial charge in [0, 0.05) is 30.5 Å². The molecule has 3 aliphatic rings. The Morgan fingerprint density at radius 2 is 1.61 bits per heavy atom. The maximum Gasteiger partial charge on any atom is 0.123 e. The molecule has 0 bridgehead atoms. The van der Waals surface area contributed by atoms with Gasteiger partial charge in [-0.25, -0.2) is 8.78 Å². The molecular formula is C39H35F2N3. The van der Waals surface area contributed by atoms with Crippen LogP contribution in [0.15, 0.2) is 103 Å². The molecule has 44 heavy (non-hydrogen) atoms. The van der Waals surface area contributed by atoms with Crippen molar-refractivity contribution in [2.45, 2.75) is 25.8 Å². The summed E-state index contributed by atoms with van der Waals surface area (Å²) < 4.78 is 30.0. The minimum Gasteiger partial charge on any atom is -0.299 e. The Bertz CT molecular complexity index is 1940. The van der Waals surface area contributed by atoms with Gasteiger partial charge in [-0.2, -0.15) is 5.10 Å². The summed E-state index contributed by atoms with van der Waals surface area (Å²) in [6.07, 6.45) is 8.02. The summed E-state index contributed by atoms with van der Waals surface area (Å²) in [5, 5.41) is 5.87. The fraction of sp³-hybridized carbons (Fsp3) is 0.256. The summed E-state index contributed by atoms with van der Waals surface area (Å²) >= 11 is 0. The van der Waals surface area contributed by atoms with Crippen LogP contribution in [0.4, 0.5) is 8.78 Å². The van der Waals surface area contributed by atoms with Crippen LogP contribution in [0.3, 0.4) is 0 Å². The highest BCUT2D eigenvalue weighted by atomic mass is 19.1. The Morgan fingerprint density at radius 1 is 0.841 bits per heavy atom. The number of para-hydroxylation sites is 1. The van der Waals surface area contributed by atoms with Crippen molar-refractivity contribution in [2.24, 2.45) is 24.8 Å². The van der Waals surface area contributed by atoms with Crippen LogP contribution in [0.2, 0.25) is 0 Å². The van der Waals surface area contributed by atoms with Gasteiger partial charge in [0.1, 0.15) is 17.3 Å². The fourth-order valence-electron chi connectivity index (χ4n) is 7.96. The molecule has 0 radical (unpaired) electrons. The number of allylic oxidation sites excluding steroid dienone is 3. The predicted octanol–water partition coefficient (Wildman–Crippen LogP) is 8.70. The average Bonchev–Trinajstić information content (AvgIpc) is 3.35. The fourth-order valence-corrected chi connectivity index (χ4v) is 7.96. The second-order valence-electron chi connectivity index (χ2n) is 12.7. The van der Waals surface area contributed by atoms with Gasteiger partial charge in [-0.15, -0.1) is 0 Å². The molecule has 4 aromatic carbocycles. The monoisotopic (exact) mass is 583 g/mol. The quantitative estimate of drug-likeness (QED) is 0.199. The summed E-state index contributed by atoms with van der Waals surface area (Å²) in [5.74, 6) is 1.15. The number of halogens is 2. The third kappa shape index (κ3) is 4.80. The smallest absolute Gasteiger partial charge is 0.123 e. The van der Waals surface area contributed by atoms with Crippen LogP contribution in [0, 0.1) is 29.4 Å². The molecule has 1 saturated heterocycles. The standard InChI is InChI=1S/C39H35F2N3/c1-43-39-29(10-6-14-34(39)38(42-43)28-9-5-12-32(41)22-28)24-44-17-15-26(16-18-44)35-23-36-33-13-3-2-8-27(33)21-30(37(35)36)19-25-7-4-11-31(40)20-25/h2-14,20-23,26,35,37H,15-19,24H2,1H3. The molecule has 0 spiro atoms. The lowest BCUT2D eigenvalue weighted by Gasteiger charge is -2.47. The van der Waals surface area contributed by atoms with E-state index in [1.807, 2.05) is 29.9 Å². The predicted molar refractivity (Wildman–Crippen MR) is 174 cm³/mol. The van der Waals surface area contributed by atoms with E-state index in [2.05, 4.69) is 59.5 Å². The van der Waals surface area contributed by atoms with Crippen molar-refractivity contribution < 1.29 is 8.78 Å². The first-order chi connectivity index (χ1) is 21.5. The van der Waals surface area contributed by atoms with E-state index in [0.29, 0.717) is 17.8 Å². The largest absolute Gasteiger partial charge is 0.299 e. The number of fused-ring (bicyclic) bond motifs is 4. The lowest BCUT2D eigenvalue weighted by molar-refractivity contribution is 0.141. The van der Waals surface area contributed by atoms with Crippen molar-refractivity contribution in [3.8, 4) is 11.3 Å². The molecule has 5 heteroatoms. The molecule has 5 aromatic rings. The summed E-state index contributed by atoms with van der Waals surface area (Å²) in [7, 11) is 1.98. The molecule has 8 rings (SSSR count). The third-order valence-corrected chi connectivity index (χ3v) is 10.0. The zero-order chi connectivity index (χ0) is 29.8. The van der Waals surface area contributed by atoms with Crippen LogP contribution < -0.4 is 0 Å². The first-order valence-electron chi connectivity index (χ1n) is 15.7. The minimum atomic E-state index is -0.247. The lowest BCUT2D eigenvalue weighted by atomic mass is 9.58. The van der Waals surface area contributed by atoms with E-state index in [1.54, 1.807) is 18.2 Å². The van der Waals surface area contributed by atoms with E-state index in [1.165, 1.54) is 40.0 Å². The summed E-state index contributed by atoms with van der Waals surface area (Å²) in [4.78, 5) is 2.57. The van der Waals surface area contributed by atoms with Crippen molar-refractivity contribution in [1.82, 2.24) is 14.7 Å². The van der Waals surface area contributed by atoms with Crippen molar-refractivity contribution >= 4 is 22.6 Å². The molecule has 1 aliphatic heterocycles. The number of nitrogens with zero attached hydrogens (tertiary/aromatic N) is 3. The maximum atomic E-state index is 14.1. The van der Waals surface area contributed by atoms with Crippen LogP contribution in [0.5, 0.6) is 0 Å². The van der Waals surface area contributed by atoms with E-state index >= 15 is 0 Å². The van der Waals surface area contributed by atoms with Crippen molar-refractivity contribution in [3.63, 3.8) is 0 Å². The molecule has 1 aromatic heterocycles. The first kappa shape index (κ1) is 27.2. The van der Waals surface area contributed by atoms with Crippen LogP contribution in [0.1, 0.15) is 35.1 Å². The molecule has 1 fully saturated rings. The number of aryl methyl sites for hydroxylation is 1. The molecule has 220 valence electrons. The second-order valence-corrected chi connectivity index (χ2v) is 12.7. The van der Waals surface area contributed by atoms with E-state index in [9.17, 15) is 8.78 Å². The highest BCUT2D eigenvalue weighted by Crippen LogP contribution is 2.54. The van der Waals surface area contributed by atoms with E-state index < -0.39 is 0 Å². The number of aromatic nitrogens is 2. The maximum absolute atomic E-state index is 14.1. The number of hydrogen-bond acceptors (Lipinski definition) is 2. The third-order valence-electron chi connectivity index (χ3n) is 10.0. The van der Waals surface area contributed by atoms with Crippen LogP contribution in [-0.2, 0) is 20.0 Å². The normalized spacial score (nSPS) is 20.1. The number of piperidine rings is 1. The summed E-state index contributed by atoms with van der Waals surface area (Å²) in [6.45, 7) is 2.99. The van der Waals surface area contributed by atoms with Gasteiger partial charge >= 0.3 is 0 Å². The van der Waals surface area contributed by atoms with Crippen molar-refractivity contribution in [1.29, 1.82) is 0 Å². The number of benzene rings is 4. The highest BCUT2D eigenvalue weighted by molar-refractivity contribution is 5.95. The zero-order valence-electron chi connectivity index (χ0n) is 24.9. The number of hydrogen-bond donors (Lipinski definition) is 0. The first-order valence-corrected chi connectivity index (χ1v) is 15.7. The SMILES string of the molecule is Cn1nc(-c2cccc(F)c2)c2cccc(CN3CCC(C4C=C5c6ccccc6C=C(Cc6cccc(F)c6)C54)CC3)c21. The van der Waals surface area contributed by atoms with E-state index in [-0.39, 0.29) is 11.6 Å². The van der Waals surface area contributed by atoms with Gasteiger partial charge in [0.15, 0.2) is 0 Å². The average molecular weight is 584 g/mol. The lowest BCUT2D eigenvalue weighted by Crippen LogP contribution is -2.41. The number of rotatable bonds is 6. The summed E-state index contributed by atoms with van der Waals surface area (Å²) in [5.41, 5.74) is 10.6. The van der Waals surface area contributed by atoms with E-state index in [4.69, 9.17) is 5.10 Å². The molecule has 2 unspecified atom stereocenters. The van der Waals surface area contributed by atoms with Crippen LogP contribution >= 0.6 is 0 Å². The molecule has 2 aliphatic carbocycles. The Labute approximate surface area is 257 Å². The molecule has 3 nitrogen and oxygen atoms in total. The van der Waals surface area contributed by atoms with Gasteiger partial charge in [0.05, 0.1) is 5.52 Å². The van der Waals surface area contributed by atoms with Crippen LogP contribution in [0.25, 0.3) is 33.8 Å². The zero-order valence-corrected chi connectivity index (χ0v) is 24.9. The molecule has 0 amide bonds. The van der Waals surface area contributed by atoms with Gasteiger partial charge < -0.3 is 0 Å². The van der Waals surface area contributed by atoms with Gasteiger partial charge in [-0.05, 0) is 96.3 Å². The highest BCUT2D eigenvalue weighted by Gasteiger charge is 2.43. The second kappa shape index (κ2) is 11.0. The topological polar surface area (TPSA) is 21.1 Å². The van der Waals surface area contributed by atoms with Gasteiger partial charge in [-0.3, -0.25) is 9.58 Å². The molecule has 0 saturated carbocycles. The Balaban J connectivity index is 1.00. The van der Waals surface area contributed by atoms with Gasteiger partial charge in [-0.1, -0.05) is 84.5 Å². The van der Waals surface area contributed by atoms with E-state index in [0.717, 1.165) is 66.6 Å². The summed E-state index contributed by atoms with van der Waals surface area (Å²) in [6, 6.07) is 28.9. The van der Waals surface area contributed by atoms with Gasteiger partial charge in [0.25, 0.3) is 0 Å². The Morgan fingerprint density at radius 3 is 2.43 bits per heavy atom. The Kier molecular flexibility index (Phi) is 6.79. The molecule has 2 heterocycles. The molecular weight excluding hydrogens is 548 g/mol. The molecule has 2 atom stereocenters. The minimum absolute atomic E-state index is 0.167. The van der Waals surface area contributed by atoms with Crippen molar-refractivity contribution in [2.75, 3.05) is 13.1 Å². The van der Waals surface area contributed by atoms with Gasteiger partial charge in [0.2, 0.25) is 0 Å². The Hall–Kier alpha value is -4.35. The van der Waals surface area contributed by atoms with Crippen LogP contribution in [-0.4, -0.2) is 27.8 Å². The molecule has 0 N–H and O–H groups in total.